The van der Waals surface area contributed by atoms with Gasteiger partial charge in [0.05, 0.1) is 0 Å². The Balaban J connectivity index is 0.00000200. The molecule has 0 fully saturated rings. The van der Waals surface area contributed by atoms with Gasteiger partial charge >= 0.3 is 0 Å². The van der Waals surface area contributed by atoms with Crippen molar-refractivity contribution in [1.82, 2.24) is 15.6 Å². The standard InChI is InChI=1S/C14H17N3O2.ClH/c1-15-8-5-9-16-13(18)12-10-19-14(17-12)11-6-3-2-4-7-11;/h2-4,6-7,10,15H,5,8-9H2,1H3,(H,16,18);1H. The van der Waals surface area contributed by atoms with Crippen LogP contribution in [0, 0.1) is 0 Å². The van der Waals surface area contributed by atoms with Crippen LogP contribution in [0.2, 0.25) is 0 Å². The van der Waals surface area contributed by atoms with Crippen molar-refractivity contribution in [2.75, 3.05) is 20.1 Å². The summed E-state index contributed by atoms with van der Waals surface area (Å²) in [7, 11) is 1.88. The van der Waals surface area contributed by atoms with Crippen molar-refractivity contribution >= 4 is 18.3 Å². The number of nitrogens with one attached hydrogen (secondary N) is 2. The van der Waals surface area contributed by atoms with Crippen LogP contribution in [0.5, 0.6) is 0 Å². The van der Waals surface area contributed by atoms with Crippen molar-refractivity contribution in [2.45, 2.75) is 6.42 Å². The normalized spacial score (nSPS) is 9.85. The molecule has 108 valence electrons. The number of nitrogens with zero attached hydrogens (tertiary/aromatic N) is 1. The molecule has 0 radical (unpaired) electrons. The third kappa shape index (κ3) is 4.36. The molecular weight excluding hydrogens is 278 g/mol. The molecule has 0 bridgehead atoms. The average molecular weight is 296 g/mol. The van der Waals surface area contributed by atoms with Crippen LogP contribution in [0.15, 0.2) is 41.0 Å². The number of carbonyl (C=O) groups is 1. The minimum absolute atomic E-state index is 0. The van der Waals surface area contributed by atoms with Gasteiger partial charge in [-0.3, -0.25) is 4.79 Å². The van der Waals surface area contributed by atoms with Crippen molar-refractivity contribution in [3.63, 3.8) is 0 Å². The maximum absolute atomic E-state index is 11.8. The van der Waals surface area contributed by atoms with Gasteiger partial charge in [-0.15, -0.1) is 12.4 Å². The second-order valence-corrected chi connectivity index (χ2v) is 4.12. The molecule has 0 aliphatic rings. The molecule has 1 amide bonds. The molecule has 2 aromatic rings. The summed E-state index contributed by atoms with van der Waals surface area (Å²) in [6.07, 6.45) is 2.27. The molecule has 0 saturated carbocycles. The van der Waals surface area contributed by atoms with Gasteiger partial charge < -0.3 is 15.1 Å². The molecule has 20 heavy (non-hydrogen) atoms. The third-order valence-corrected chi connectivity index (χ3v) is 2.65. The van der Waals surface area contributed by atoms with Crippen molar-refractivity contribution in [3.8, 4) is 11.5 Å². The molecule has 0 aliphatic carbocycles. The van der Waals surface area contributed by atoms with Gasteiger partial charge in [-0.05, 0) is 32.1 Å². The lowest BCUT2D eigenvalue weighted by Gasteiger charge is -2.01. The topological polar surface area (TPSA) is 67.2 Å². The zero-order chi connectivity index (χ0) is 13.5. The molecule has 0 spiro atoms. The third-order valence-electron chi connectivity index (χ3n) is 2.65. The highest BCUT2D eigenvalue weighted by Crippen LogP contribution is 2.17. The van der Waals surface area contributed by atoms with Gasteiger partial charge in [-0.25, -0.2) is 4.98 Å². The zero-order valence-electron chi connectivity index (χ0n) is 11.3. The van der Waals surface area contributed by atoms with Crippen LogP contribution < -0.4 is 10.6 Å². The Morgan fingerprint density at radius 2 is 2.00 bits per heavy atom. The summed E-state index contributed by atoms with van der Waals surface area (Å²) < 4.78 is 5.32. The average Bonchev–Trinajstić information content (AvgIpc) is 2.94. The Bertz CT molecular complexity index is 528. The van der Waals surface area contributed by atoms with Crippen LogP contribution >= 0.6 is 12.4 Å². The number of benzene rings is 1. The van der Waals surface area contributed by atoms with Crippen molar-refractivity contribution in [3.05, 3.63) is 42.3 Å². The molecule has 5 nitrogen and oxygen atoms in total. The fourth-order valence-corrected chi connectivity index (χ4v) is 1.65. The Hall–Kier alpha value is -1.85. The van der Waals surface area contributed by atoms with E-state index in [1.54, 1.807) is 0 Å². The van der Waals surface area contributed by atoms with Crippen LogP contribution in [0.4, 0.5) is 0 Å². The van der Waals surface area contributed by atoms with Gasteiger partial charge in [0.2, 0.25) is 5.89 Å². The fourth-order valence-electron chi connectivity index (χ4n) is 1.65. The summed E-state index contributed by atoms with van der Waals surface area (Å²) in [4.78, 5) is 16.0. The monoisotopic (exact) mass is 295 g/mol. The molecule has 1 heterocycles. The Labute approximate surface area is 124 Å². The lowest BCUT2D eigenvalue weighted by molar-refractivity contribution is 0.0948. The van der Waals surface area contributed by atoms with Crippen molar-refractivity contribution in [2.24, 2.45) is 0 Å². The number of halogens is 1. The van der Waals surface area contributed by atoms with Gasteiger partial charge in [-0.1, -0.05) is 18.2 Å². The van der Waals surface area contributed by atoms with E-state index in [4.69, 9.17) is 4.42 Å². The zero-order valence-corrected chi connectivity index (χ0v) is 12.1. The summed E-state index contributed by atoms with van der Waals surface area (Å²) in [5.74, 6) is 0.253. The minimum atomic E-state index is -0.206. The molecule has 1 aromatic carbocycles. The van der Waals surface area contributed by atoms with Crippen LogP contribution in [0.25, 0.3) is 11.5 Å². The molecule has 0 atom stereocenters. The van der Waals surface area contributed by atoms with E-state index < -0.39 is 0 Å². The SMILES string of the molecule is CNCCCNC(=O)c1coc(-c2ccccc2)n1.Cl. The first-order valence-corrected chi connectivity index (χ1v) is 6.25. The number of amides is 1. The number of hydrogen-bond donors (Lipinski definition) is 2. The maximum atomic E-state index is 11.8. The van der Waals surface area contributed by atoms with Crippen LogP contribution in [0.1, 0.15) is 16.9 Å². The summed E-state index contributed by atoms with van der Waals surface area (Å²) >= 11 is 0. The van der Waals surface area contributed by atoms with E-state index >= 15 is 0 Å². The first-order chi connectivity index (χ1) is 9.31. The van der Waals surface area contributed by atoms with E-state index in [1.165, 1.54) is 6.26 Å². The Kier molecular flexibility index (Phi) is 6.76. The predicted octanol–water partition coefficient (Wildman–Crippen LogP) is 2.10. The Morgan fingerprint density at radius 3 is 2.70 bits per heavy atom. The number of aromatic nitrogens is 1. The van der Waals surface area contributed by atoms with Gasteiger partial charge in [0.1, 0.15) is 6.26 Å². The summed E-state index contributed by atoms with van der Waals surface area (Å²) in [6, 6.07) is 9.50. The van der Waals surface area contributed by atoms with Crippen molar-refractivity contribution in [1.29, 1.82) is 0 Å². The predicted molar refractivity (Wildman–Crippen MR) is 80.1 cm³/mol. The number of hydrogen-bond acceptors (Lipinski definition) is 4. The highest BCUT2D eigenvalue weighted by Gasteiger charge is 2.12. The van der Waals surface area contributed by atoms with E-state index in [1.807, 2.05) is 37.4 Å². The first kappa shape index (κ1) is 16.2. The number of carbonyl (C=O) groups excluding carboxylic acids is 1. The maximum Gasteiger partial charge on any atom is 0.273 e. The van der Waals surface area contributed by atoms with Gasteiger partial charge in [0.25, 0.3) is 5.91 Å². The minimum Gasteiger partial charge on any atom is -0.444 e. The van der Waals surface area contributed by atoms with Gasteiger partial charge in [0, 0.05) is 12.1 Å². The molecule has 2 rings (SSSR count). The first-order valence-electron chi connectivity index (χ1n) is 6.25. The molecule has 6 heteroatoms. The van der Waals surface area contributed by atoms with Crippen LogP contribution in [-0.2, 0) is 0 Å². The highest BCUT2D eigenvalue weighted by molar-refractivity contribution is 5.92. The van der Waals surface area contributed by atoms with Gasteiger partial charge in [0.15, 0.2) is 5.69 Å². The van der Waals surface area contributed by atoms with Crippen LogP contribution in [-0.4, -0.2) is 31.0 Å². The molecule has 0 aliphatic heterocycles. The number of rotatable bonds is 6. The number of oxazole rings is 1. The van der Waals surface area contributed by atoms with E-state index in [-0.39, 0.29) is 18.3 Å². The van der Waals surface area contributed by atoms with Gasteiger partial charge in [-0.2, -0.15) is 0 Å². The second kappa shape index (κ2) is 8.35. The van der Waals surface area contributed by atoms with E-state index in [9.17, 15) is 4.79 Å². The molecule has 0 unspecified atom stereocenters. The highest BCUT2D eigenvalue weighted by atomic mass is 35.5. The lowest BCUT2D eigenvalue weighted by Crippen LogP contribution is -2.26. The lowest BCUT2D eigenvalue weighted by atomic mass is 10.2. The summed E-state index contributed by atoms with van der Waals surface area (Å²) in [5.41, 5.74) is 1.17. The molecule has 2 N–H and O–H groups in total. The molecular formula is C14H18ClN3O2. The molecule has 1 aromatic heterocycles. The Morgan fingerprint density at radius 1 is 1.25 bits per heavy atom. The second-order valence-electron chi connectivity index (χ2n) is 4.12. The van der Waals surface area contributed by atoms with Crippen LogP contribution in [0.3, 0.4) is 0 Å². The van der Waals surface area contributed by atoms with E-state index in [2.05, 4.69) is 15.6 Å². The summed E-state index contributed by atoms with van der Waals surface area (Å²) in [6.45, 7) is 1.49. The molecule has 0 saturated heterocycles. The fraction of sp³-hybridized carbons (Fsp3) is 0.286. The van der Waals surface area contributed by atoms with Crippen molar-refractivity contribution < 1.29 is 9.21 Å². The summed E-state index contributed by atoms with van der Waals surface area (Å²) in [5, 5.41) is 5.82. The van der Waals surface area contributed by atoms with E-state index in [0.29, 0.717) is 18.1 Å². The smallest absolute Gasteiger partial charge is 0.273 e. The quantitative estimate of drug-likeness (QED) is 0.801. The van der Waals surface area contributed by atoms with E-state index in [0.717, 1.165) is 18.5 Å². The largest absolute Gasteiger partial charge is 0.444 e.